The molecule has 6 N–H and O–H groups in total. The number of hydrogen-bond donors (Lipinski definition) is 6. The number of benzene rings is 4. The number of ether oxygens (including phenoxy) is 2. The Kier molecular flexibility index (Phi) is 19.0. The quantitative estimate of drug-likeness (QED) is 0.00960. The molecule has 32 heteroatoms. The molecule has 4 aromatic rings. The Labute approximate surface area is 357 Å². The Hall–Kier alpha value is -4.04. The second kappa shape index (κ2) is 23.4. The van der Waals surface area contributed by atoms with Crippen molar-refractivity contribution in [3.63, 3.8) is 0 Å². The van der Waals surface area contributed by atoms with E-state index in [9.17, 15) is 34.9 Å². The zero-order valence-corrected chi connectivity index (χ0v) is 35.6. The number of anilines is 1. The van der Waals surface area contributed by atoms with Crippen molar-refractivity contribution in [1.82, 2.24) is 0 Å². The van der Waals surface area contributed by atoms with E-state index in [0.717, 1.165) is 12.1 Å². The maximum atomic E-state index is 13.0. The van der Waals surface area contributed by atoms with Crippen molar-refractivity contribution < 1.29 is 96.6 Å². The van der Waals surface area contributed by atoms with E-state index in [1.165, 1.54) is 56.7 Å². The number of methoxy groups -OCH3 is 2. The molecule has 0 aliphatic heterocycles. The highest BCUT2D eigenvalue weighted by Crippen LogP contribution is 2.49. The molecule has 0 unspecified atom stereocenters. The highest BCUT2D eigenvalue weighted by atomic mass is 32.2. The summed E-state index contributed by atoms with van der Waals surface area (Å²) in [5, 5.41) is 66.4. The molecule has 0 atom stereocenters. The number of rotatable bonds is 26. The summed E-state index contributed by atoms with van der Waals surface area (Å²) in [4.78, 5) is -0.571. The van der Waals surface area contributed by atoms with E-state index in [4.69, 9.17) is 33.6 Å². The van der Waals surface area contributed by atoms with Gasteiger partial charge in [0.2, 0.25) is 0 Å². The third-order valence-electron chi connectivity index (χ3n) is 7.42. The van der Waals surface area contributed by atoms with Gasteiger partial charge < -0.3 is 19.9 Å². The summed E-state index contributed by atoms with van der Waals surface area (Å²) in [7, 11) is -10.1. The van der Waals surface area contributed by atoms with Gasteiger partial charge in [-0.3, -0.25) is 12.9 Å². The molecule has 4 aromatic carbocycles. The van der Waals surface area contributed by atoms with Crippen LogP contribution in [0.5, 0.6) is 17.2 Å². The summed E-state index contributed by atoms with van der Waals surface area (Å²) >= 11 is 0.689. The first-order valence-corrected chi connectivity index (χ1v) is 22.9. The third-order valence-corrected chi connectivity index (χ3v) is 12.7. The molecular formula is C29H31N5O21S6. The summed E-state index contributed by atoms with van der Waals surface area (Å²) in [5.74, 6) is -2.71. The standard InChI is InChI=1S/C29H31N5O21S6/c1-46-24-8-4-17(59(39,40)11-9-48-57-54-51-37)13-23(24)32-34-28-26(56-53-50-36)15-20-19(29(28)35)5-7-22(30-16-61(43,44)45)27(20)33-31-21-6-3-18(14-25(21)47-2)60(41,42)12-10-49-58-55-52-38/h3-8,13-15,30,35-38H,9-12,16H2,1-2H3,(H,43,44,45). The van der Waals surface area contributed by atoms with Crippen LogP contribution in [0.1, 0.15) is 0 Å². The zero-order valence-electron chi connectivity index (χ0n) is 30.7. The molecule has 61 heavy (non-hydrogen) atoms. The number of sulfone groups is 2. The lowest BCUT2D eigenvalue weighted by molar-refractivity contribution is -0.434. The van der Waals surface area contributed by atoms with E-state index in [2.05, 4.69) is 53.9 Å². The first kappa shape index (κ1) is 49.6. The Morgan fingerprint density at radius 2 is 1.21 bits per heavy atom. The Bertz CT molecular complexity index is 2530. The smallest absolute Gasteiger partial charge is 0.283 e. The monoisotopic (exact) mass is 977 g/mol. The Morgan fingerprint density at radius 3 is 1.80 bits per heavy atom. The van der Waals surface area contributed by atoms with Gasteiger partial charge in [0, 0.05) is 16.8 Å². The van der Waals surface area contributed by atoms with Gasteiger partial charge in [0.05, 0.1) is 71.4 Å². The summed E-state index contributed by atoms with van der Waals surface area (Å²) in [6.07, 6.45) is 0. The van der Waals surface area contributed by atoms with Gasteiger partial charge in [0.15, 0.2) is 50.1 Å². The van der Waals surface area contributed by atoms with E-state index in [1.54, 1.807) is 0 Å². The maximum absolute atomic E-state index is 13.0. The number of azo groups is 2. The highest BCUT2D eigenvalue weighted by molar-refractivity contribution is 7.94. The number of fused-ring (bicyclic) bond motifs is 1. The van der Waals surface area contributed by atoms with Crippen molar-refractivity contribution in [3.05, 3.63) is 54.6 Å². The second-order valence-corrected chi connectivity index (χ2v) is 18.5. The minimum absolute atomic E-state index is 0.0122. The van der Waals surface area contributed by atoms with Crippen molar-refractivity contribution in [2.45, 2.75) is 14.7 Å². The number of nitrogens with zero attached hydrogens (tertiary/aromatic N) is 4. The molecule has 0 saturated heterocycles. The van der Waals surface area contributed by atoms with E-state index in [1.807, 2.05) is 0 Å². The van der Waals surface area contributed by atoms with Crippen molar-refractivity contribution in [3.8, 4) is 17.2 Å². The molecule has 0 radical (unpaired) electrons. The predicted molar refractivity (Wildman–Crippen MR) is 211 cm³/mol. The van der Waals surface area contributed by atoms with E-state index < -0.39 is 52.9 Å². The van der Waals surface area contributed by atoms with Crippen LogP contribution in [0, 0.1) is 0 Å². The predicted octanol–water partition coefficient (Wildman–Crippen LogP) is 6.63. The molecule has 0 aliphatic carbocycles. The topological polar surface area (TPSA) is 357 Å². The molecule has 0 fully saturated rings. The Morgan fingerprint density at radius 1 is 0.639 bits per heavy atom. The lowest BCUT2D eigenvalue weighted by Gasteiger charge is -2.14. The molecule has 0 aromatic heterocycles. The molecule has 334 valence electrons. The molecular weight excluding hydrogens is 947 g/mol. The number of nitrogens with one attached hydrogen (secondary N) is 1. The van der Waals surface area contributed by atoms with Crippen LogP contribution in [-0.4, -0.2) is 95.5 Å². The van der Waals surface area contributed by atoms with E-state index >= 15 is 0 Å². The number of hydrogen-bond acceptors (Lipinski definition) is 28. The van der Waals surface area contributed by atoms with Crippen molar-refractivity contribution >= 4 is 106 Å². The third kappa shape index (κ3) is 14.2. The van der Waals surface area contributed by atoms with Gasteiger partial charge in [-0.05, 0) is 48.5 Å². The SMILES string of the molecule is COc1ccc(S(=O)(=O)CCOSOOO)cc1N=Nc1c(SOOO)cc2c(N=Nc3ccc(S(=O)(=O)CCOSOOO)cc3OC)c(NCS(=O)(=O)O)ccc2c1O. The van der Waals surface area contributed by atoms with Gasteiger partial charge in [0.1, 0.15) is 40.1 Å². The summed E-state index contributed by atoms with van der Waals surface area (Å²) in [6.45, 7) is -0.747. The minimum atomic E-state index is -4.61. The average molecular weight is 978 g/mol. The second-order valence-electron chi connectivity index (χ2n) is 11.0. The van der Waals surface area contributed by atoms with E-state index in [-0.39, 0.29) is 103 Å². The summed E-state index contributed by atoms with van der Waals surface area (Å²) < 4.78 is 118. The highest BCUT2D eigenvalue weighted by Gasteiger charge is 2.22. The summed E-state index contributed by atoms with van der Waals surface area (Å²) in [5.41, 5.74) is -0.736. The van der Waals surface area contributed by atoms with E-state index in [0.29, 0.717) is 12.0 Å². The fourth-order valence-corrected chi connectivity index (χ4v) is 8.45. The summed E-state index contributed by atoms with van der Waals surface area (Å²) in [6, 6.07) is 11.1. The molecule has 0 aliphatic rings. The molecule has 0 amide bonds. The maximum Gasteiger partial charge on any atom is 0.283 e. The molecule has 0 bridgehead atoms. The lowest BCUT2D eigenvalue weighted by atomic mass is 10.1. The van der Waals surface area contributed by atoms with Gasteiger partial charge in [-0.15, -0.1) is 33.5 Å². The molecule has 26 nitrogen and oxygen atoms in total. The molecule has 4 rings (SSSR count). The minimum Gasteiger partial charge on any atom is -0.505 e. The molecule has 0 saturated carbocycles. The number of aromatic hydroxyl groups is 1. The van der Waals surface area contributed by atoms with Crippen LogP contribution < -0.4 is 14.8 Å². The van der Waals surface area contributed by atoms with Crippen LogP contribution in [-0.2, 0) is 66.3 Å². The van der Waals surface area contributed by atoms with Crippen molar-refractivity contribution in [2.75, 3.05) is 50.1 Å². The lowest BCUT2D eigenvalue weighted by Crippen LogP contribution is -2.13. The van der Waals surface area contributed by atoms with Crippen molar-refractivity contribution in [2.24, 2.45) is 20.5 Å². The van der Waals surface area contributed by atoms with Crippen LogP contribution in [0.4, 0.5) is 28.4 Å². The van der Waals surface area contributed by atoms with Crippen LogP contribution >= 0.6 is 36.7 Å². The Balaban J connectivity index is 1.81. The molecule has 0 heterocycles. The van der Waals surface area contributed by atoms with Gasteiger partial charge in [-0.1, -0.05) is 15.1 Å². The fourth-order valence-electron chi connectivity index (χ4n) is 4.77. The van der Waals surface area contributed by atoms with Gasteiger partial charge in [0.25, 0.3) is 10.1 Å². The van der Waals surface area contributed by atoms with Crippen LogP contribution in [0.15, 0.2) is 89.7 Å². The molecule has 0 spiro atoms. The van der Waals surface area contributed by atoms with Gasteiger partial charge in [-0.25, -0.2) is 32.6 Å². The largest absolute Gasteiger partial charge is 0.505 e. The van der Waals surface area contributed by atoms with Crippen LogP contribution in [0.3, 0.4) is 0 Å². The fraction of sp³-hybridized carbons (Fsp3) is 0.241. The van der Waals surface area contributed by atoms with Crippen molar-refractivity contribution in [1.29, 1.82) is 0 Å². The normalized spacial score (nSPS) is 12.5. The number of phenols is 1. The zero-order chi connectivity index (χ0) is 44.6. The van der Waals surface area contributed by atoms with Crippen LogP contribution in [0.2, 0.25) is 0 Å². The first-order valence-electron chi connectivity index (χ1n) is 15.9. The van der Waals surface area contributed by atoms with Gasteiger partial charge in [-0.2, -0.15) is 8.42 Å². The number of phenolic OH excluding ortho intramolecular Hbond substituents is 1. The first-order chi connectivity index (χ1) is 29.1. The van der Waals surface area contributed by atoms with Crippen LogP contribution in [0.25, 0.3) is 10.8 Å². The average Bonchev–Trinajstić information content (AvgIpc) is 3.23. The van der Waals surface area contributed by atoms with Gasteiger partial charge >= 0.3 is 0 Å².